The fourth-order valence-electron chi connectivity index (χ4n) is 2.26. The number of nitrogens with zero attached hydrogens (tertiary/aromatic N) is 1. The van der Waals surface area contributed by atoms with E-state index in [1.165, 1.54) is 19.3 Å². The van der Waals surface area contributed by atoms with Crippen LogP contribution in [-0.2, 0) is 6.42 Å². The standard InChI is InChI=1S/C14H19N3/c1-2-3-11-9-14(11)17-12-4-5-13(16)10(8-12)6-7-15/h4-5,8,11,14,17H,2-3,6,9,16H2,1H3. The molecule has 0 heterocycles. The third kappa shape index (κ3) is 2.91. The Kier molecular flexibility index (Phi) is 3.53. The van der Waals surface area contributed by atoms with Gasteiger partial charge in [0, 0.05) is 17.4 Å². The maximum absolute atomic E-state index is 8.72. The summed E-state index contributed by atoms with van der Waals surface area (Å²) in [6, 6.07) is 8.64. The van der Waals surface area contributed by atoms with Gasteiger partial charge in [0.15, 0.2) is 0 Å². The van der Waals surface area contributed by atoms with E-state index in [1.807, 2.05) is 18.2 Å². The van der Waals surface area contributed by atoms with Crippen molar-refractivity contribution in [2.24, 2.45) is 5.92 Å². The highest BCUT2D eigenvalue weighted by Gasteiger charge is 2.35. The maximum Gasteiger partial charge on any atom is 0.0670 e. The molecule has 1 saturated carbocycles. The minimum Gasteiger partial charge on any atom is -0.398 e. The number of hydrogen-bond donors (Lipinski definition) is 2. The molecular weight excluding hydrogens is 210 g/mol. The Hall–Kier alpha value is -1.69. The molecule has 0 radical (unpaired) electrons. The summed E-state index contributed by atoms with van der Waals surface area (Å²) in [7, 11) is 0. The quantitative estimate of drug-likeness (QED) is 0.763. The van der Waals surface area contributed by atoms with Crippen LogP contribution in [0.25, 0.3) is 0 Å². The Morgan fingerprint density at radius 2 is 2.35 bits per heavy atom. The molecule has 3 N–H and O–H groups in total. The Balaban J connectivity index is 1.98. The summed E-state index contributed by atoms with van der Waals surface area (Å²) < 4.78 is 0. The molecule has 3 heteroatoms. The highest BCUT2D eigenvalue weighted by Crippen LogP contribution is 2.37. The molecule has 3 nitrogen and oxygen atoms in total. The monoisotopic (exact) mass is 229 g/mol. The van der Waals surface area contributed by atoms with Gasteiger partial charge in [-0.3, -0.25) is 0 Å². The molecule has 1 aliphatic carbocycles. The lowest BCUT2D eigenvalue weighted by molar-refractivity contribution is 0.693. The molecule has 2 unspecified atom stereocenters. The molecule has 2 rings (SSSR count). The Bertz CT molecular complexity index is 434. The van der Waals surface area contributed by atoms with E-state index in [9.17, 15) is 0 Å². The van der Waals surface area contributed by atoms with Gasteiger partial charge in [-0.25, -0.2) is 0 Å². The Morgan fingerprint density at radius 1 is 1.53 bits per heavy atom. The first-order valence-electron chi connectivity index (χ1n) is 6.26. The van der Waals surface area contributed by atoms with Gasteiger partial charge in [-0.15, -0.1) is 0 Å². The smallest absolute Gasteiger partial charge is 0.0670 e. The molecule has 0 bridgehead atoms. The van der Waals surface area contributed by atoms with Gasteiger partial charge in [-0.2, -0.15) is 5.26 Å². The van der Waals surface area contributed by atoms with Crippen molar-refractivity contribution in [1.82, 2.24) is 0 Å². The molecule has 0 aliphatic heterocycles. The van der Waals surface area contributed by atoms with Crippen molar-refractivity contribution in [3.8, 4) is 6.07 Å². The van der Waals surface area contributed by atoms with Gasteiger partial charge in [0.25, 0.3) is 0 Å². The first-order chi connectivity index (χ1) is 8.24. The number of nitrogens with one attached hydrogen (secondary N) is 1. The maximum atomic E-state index is 8.72. The summed E-state index contributed by atoms with van der Waals surface area (Å²) in [6.07, 6.45) is 4.21. The number of nitrogen functional groups attached to an aromatic ring is 1. The number of anilines is 2. The molecule has 1 aromatic rings. The topological polar surface area (TPSA) is 61.8 Å². The first kappa shape index (κ1) is 11.8. The average molecular weight is 229 g/mol. The van der Waals surface area contributed by atoms with Gasteiger partial charge >= 0.3 is 0 Å². The predicted octanol–water partition coefficient (Wildman–Crippen LogP) is 2.94. The highest BCUT2D eigenvalue weighted by atomic mass is 15.0. The van der Waals surface area contributed by atoms with E-state index in [1.54, 1.807) is 0 Å². The molecule has 0 amide bonds. The summed E-state index contributed by atoms with van der Waals surface area (Å²) in [4.78, 5) is 0. The fraction of sp³-hybridized carbons (Fsp3) is 0.500. The predicted molar refractivity (Wildman–Crippen MR) is 70.6 cm³/mol. The Morgan fingerprint density at radius 3 is 3.06 bits per heavy atom. The van der Waals surface area contributed by atoms with Crippen molar-refractivity contribution in [3.05, 3.63) is 23.8 Å². The molecule has 1 fully saturated rings. The van der Waals surface area contributed by atoms with Gasteiger partial charge in [0.05, 0.1) is 12.5 Å². The number of hydrogen-bond acceptors (Lipinski definition) is 3. The summed E-state index contributed by atoms with van der Waals surface area (Å²) in [5.74, 6) is 0.831. The fourth-order valence-corrected chi connectivity index (χ4v) is 2.26. The largest absolute Gasteiger partial charge is 0.398 e. The summed E-state index contributed by atoms with van der Waals surface area (Å²) >= 11 is 0. The van der Waals surface area contributed by atoms with Crippen molar-refractivity contribution in [1.29, 1.82) is 5.26 Å². The van der Waals surface area contributed by atoms with Crippen LogP contribution < -0.4 is 11.1 Å². The van der Waals surface area contributed by atoms with Crippen molar-refractivity contribution in [2.45, 2.75) is 38.6 Å². The van der Waals surface area contributed by atoms with Gasteiger partial charge in [0.1, 0.15) is 0 Å². The van der Waals surface area contributed by atoms with Crippen LogP contribution in [0.1, 0.15) is 31.7 Å². The number of benzene rings is 1. The third-order valence-electron chi connectivity index (χ3n) is 3.35. The minimum absolute atomic E-state index is 0.379. The molecule has 90 valence electrons. The third-order valence-corrected chi connectivity index (χ3v) is 3.35. The van der Waals surface area contributed by atoms with E-state index in [2.05, 4.69) is 18.3 Å². The zero-order chi connectivity index (χ0) is 12.3. The summed E-state index contributed by atoms with van der Waals surface area (Å²) in [5.41, 5.74) is 8.54. The van der Waals surface area contributed by atoms with Crippen molar-refractivity contribution in [2.75, 3.05) is 11.1 Å². The van der Waals surface area contributed by atoms with E-state index >= 15 is 0 Å². The molecule has 1 aliphatic rings. The van der Waals surface area contributed by atoms with Crippen LogP contribution in [-0.4, -0.2) is 6.04 Å². The molecular formula is C14H19N3. The van der Waals surface area contributed by atoms with Gasteiger partial charge < -0.3 is 11.1 Å². The lowest BCUT2D eigenvalue weighted by Crippen LogP contribution is -2.05. The van der Waals surface area contributed by atoms with Crippen LogP contribution in [0.15, 0.2) is 18.2 Å². The Labute approximate surface area is 103 Å². The van der Waals surface area contributed by atoms with E-state index in [0.29, 0.717) is 18.2 Å². The van der Waals surface area contributed by atoms with Crippen LogP contribution >= 0.6 is 0 Å². The van der Waals surface area contributed by atoms with Gasteiger partial charge in [-0.1, -0.05) is 13.3 Å². The second-order valence-electron chi connectivity index (χ2n) is 4.78. The molecule has 2 atom stereocenters. The van der Waals surface area contributed by atoms with E-state index in [0.717, 1.165) is 17.2 Å². The second-order valence-corrected chi connectivity index (χ2v) is 4.78. The summed E-state index contributed by atoms with van der Waals surface area (Å²) in [5, 5.41) is 12.2. The normalized spacial score (nSPS) is 21.9. The molecule has 1 aromatic carbocycles. The molecule has 0 spiro atoms. The highest BCUT2D eigenvalue weighted by molar-refractivity contribution is 5.58. The lowest BCUT2D eigenvalue weighted by Gasteiger charge is -2.09. The number of rotatable bonds is 5. The number of nitriles is 1. The first-order valence-corrected chi connectivity index (χ1v) is 6.26. The van der Waals surface area contributed by atoms with Crippen molar-refractivity contribution >= 4 is 11.4 Å². The van der Waals surface area contributed by atoms with Crippen LogP contribution in [0.2, 0.25) is 0 Å². The summed E-state index contributed by atoms with van der Waals surface area (Å²) in [6.45, 7) is 2.23. The zero-order valence-corrected chi connectivity index (χ0v) is 10.2. The number of nitrogens with two attached hydrogens (primary N) is 1. The van der Waals surface area contributed by atoms with Gasteiger partial charge in [-0.05, 0) is 42.5 Å². The SMILES string of the molecule is CCCC1CC1Nc1ccc(N)c(CC#N)c1. The van der Waals surface area contributed by atoms with Crippen molar-refractivity contribution in [3.63, 3.8) is 0 Å². The second kappa shape index (κ2) is 5.09. The van der Waals surface area contributed by atoms with E-state index in [4.69, 9.17) is 11.0 Å². The molecule has 0 aromatic heterocycles. The van der Waals surface area contributed by atoms with Crippen LogP contribution in [0.4, 0.5) is 11.4 Å². The van der Waals surface area contributed by atoms with E-state index in [-0.39, 0.29) is 0 Å². The molecule has 0 saturated heterocycles. The van der Waals surface area contributed by atoms with E-state index < -0.39 is 0 Å². The van der Waals surface area contributed by atoms with Crippen LogP contribution in [0.3, 0.4) is 0 Å². The lowest BCUT2D eigenvalue weighted by atomic mass is 10.1. The van der Waals surface area contributed by atoms with Crippen molar-refractivity contribution < 1.29 is 0 Å². The van der Waals surface area contributed by atoms with Crippen LogP contribution in [0, 0.1) is 17.2 Å². The zero-order valence-electron chi connectivity index (χ0n) is 10.2. The average Bonchev–Trinajstić information content (AvgIpc) is 3.02. The molecule has 17 heavy (non-hydrogen) atoms. The minimum atomic E-state index is 0.379. The van der Waals surface area contributed by atoms with Gasteiger partial charge in [0.2, 0.25) is 0 Å². The van der Waals surface area contributed by atoms with Crippen LogP contribution in [0.5, 0.6) is 0 Å².